The molecule has 0 aliphatic carbocycles. The third-order valence-corrected chi connectivity index (χ3v) is 6.42. The number of hydrogen-bond acceptors (Lipinski definition) is 7. The molecule has 0 spiro atoms. The second kappa shape index (κ2) is 10.6. The number of benzene rings is 1. The molecule has 3 aromatic rings. The number of furan rings is 1. The number of likely N-dealkylation sites (tertiary alicyclic amines) is 1. The first-order valence-corrected chi connectivity index (χ1v) is 11.9. The van der Waals surface area contributed by atoms with Crippen LogP contribution in [0.4, 0.5) is 4.79 Å². The summed E-state index contributed by atoms with van der Waals surface area (Å²) < 4.78 is 12.0. The van der Waals surface area contributed by atoms with Gasteiger partial charge in [0.05, 0.1) is 36.1 Å². The first kappa shape index (κ1) is 22.9. The van der Waals surface area contributed by atoms with E-state index in [0.717, 1.165) is 0 Å². The van der Waals surface area contributed by atoms with E-state index in [1.54, 1.807) is 48.4 Å². The van der Waals surface area contributed by atoms with E-state index in [4.69, 9.17) is 9.15 Å². The van der Waals surface area contributed by atoms with E-state index in [9.17, 15) is 14.4 Å². The predicted molar refractivity (Wildman–Crippen MR) is 124 cm³/mol. The minimum Gasteiger partial charge on any atom is -0.467 e. The molecule has 0 unspecified atom stereocenters. The second-order valence-electron chi connectivity index (χ2n) is 7.70. The van der Waals surface area contributed by atoms with Crippen LogP contribution in [0.15, 0.2) is 57.0 Å². The number of carbonyl (C=O) groups is 2. The van der Waals surface area contributed by atoms with Gasteiger partial charge in [-0.2, -0.15) is 0 Å². The lowest BCUT2D eigenvalue weighted by atomic mass is 10.1. The Bertz CT molecular complexity index is 1170. The quantitative estimate of drug-likeness (QED) is 0.418. The van der Waals surface area contributed by atoms with Crippen LogP contribution in [0, 0.1) is 0 Å². The van der Waals surface area contributed by atoms with Crippen LogP contribution in [0.2, 0.25) is 0 Å². The summed E-state index contributed by atoms with van der Waals surface area (Å²) in [7, 11) is 0. The zero-order chi connectivity index (χ0) is 23.2. The van der Waals surface area contributed by atoms with Crippen LogP contribution < -0.4 is 10.9 Å². The van der Waals surface area contributed by atoms with E-state index in [1.807, 2.05) is 6.07 Å². The van der Waals surface area contributed by atoms with Gasteiger partial charge in [-0.3, -0.25) is 14.2 Å². The summed E-state index contributed by atoms with van der Waals surface area (Å²) in [6.07, 6.45) is 2.59. The molecule has 1 fully saturated rings. The van der Waals surface area contributed by atoms with Crippen molar-refractivity contribution in [3.63, 3.8) is 0 Å². The van der Waals surface area contributed by atoms with Crippen molar-refractivity contribution >= 4 is 34.7 Å². The highest BCUT2D eigenvalue weighted by Crippen LogP contribution is 2.19. The summed E-state index contributed by atoms with van der Waals surface area (Å²) in [6, 6.07) is 10.7. The van der Waals surface area contributed by atoms with E-state index in [-0.39, 0.29) is 35.9 Å². The maximum Gasteiger partial charge on any atom is 0.409 e. The SMILES string of the molecule is CCOC(=O)N1CCC(NC(=O)CSc2nc3ccccc3c(=O)n2Cc2ccco2)CC1. The molecule has 33 heavy (non-hydrogen) atoms. The van der Waals surface area contributed by atoms with Gasteiger partial charge in [0.25, 0.3) is 5.56 Å². The largest absolute Gasteiger partial charge is 0.467 e. The van der Waals surface area contributed by atoms with E-state index in [1.165, 1.54) is 16.3 Å². The summed E-state index contributed by atoms with van der Waals surface area (Å²) in [5, 5.41) is 4.01. The number of ether oxygens (including phenoxy) is 1. The second-order valence-corrected chi connectivity index (χ2v) is 8.64. The molecule has 174 valence electrons. The molecule has 0 atom stereocenters. The molecule has 3 heterocycles. The fourth-order valence-electron chi connectivity index (χ4n) is 3.78. The van der Waals surface area contributed by atoms with E-state index in [2.05, 4.69) is 10.3 Å². The Labute approximate surface area is 195 Å². The molecular formula is C23H26N4O5S. The molecule has 0 saturated carbocycles. The van der Waals surface area contributed by atoms with Gasteiger partial charge in [0.15, 0.2) is 5.16 Å². The van der Waals surface area contributed by atoms with Gasteiger partial charge in [-0.1, -0.05) is 23.9 Å². The topological polar surface area (TPSA) is 107 Å². The maximum atomic E-state index is 13.1. The van der Waals surface area contributed by atoms with Crippen LogP contribution in [0.1, 0.15) is 25.5 Å². The molecule has 1 aliphatic rings. The van der Waals surface area contributed by atoms with Crippen LogP contribution in [-0.2, 0) is 16.1 Å². The van der Waals surface area contributed by atoms with Gasteiger partial charge in [0.1, 0.15) is 5.76 Å². The number of thioether (sulfide) groups is 1. The normalized spacial score (nSPS) is 14.4. The minimum atomic E-state index is -0.310. The summed E-state index contributed by atoms with van der Waals surface area (Å²) in [5.74, 6) is 0.622. The minimum absolute atomic E-state index is 0.00125. The van der Waals surface area contributed by atoms with Crippen molar-refractivity contribution in [3.05, 3.63) is 58.8 Å². The number of fused-ring (bicyclic) bond motifs is 1. The zero-order valence-corrected chi connectivity index (χ0v) is 19.2. The van der Waals surface area contributed by atoms with Gasteiger partial charge < -0.3 is 19.4 Å². The average molecular weight is 471 g/mol. The number of hydrogen-bond donors (Lipinski definition) is 1. The molecule has 10 heteroatoms. The molecule has 0 bridgehead atoms. The van der Waals surface area contributed by atoms with Crippen LogP contribution >= 0.6 is 11.8 Å². The van der Waals surface area contributed by atoms with Gasteiger partial charge in [-0.15, -0.1) is 0 Å². The number of amides is 2. The highest BCUT2D eigenvalue weighted by molar-refractivity contribution is 7.99. The lowest BCUT2D eigenvalue weighted by Crippen LogP contribution is -2.47. The molecular weight excluding hydrogens is 444 g/mol. The van der Waals surface area contributed by atoms with Crippen molar-refractivity contribution in [2.45, 2.75) is 37.5 Å². The van der Waals surface area contributed by atoms with Crippen LogP contribution in [0.5, 0.6) is 0 Å². The van der Waals surface area contributed by atoms with Gasteiger partial charge in [-0.05, 0) is 44.0 Å². The van der Waals surface area contributed by atoms with E-state index in [0.29, 0.717) is 54.4 Å². The Kier molecular flexibility index (Phi) is 7.33. The van der Waals surface area contributed by atoms with Crippen molar-refractivity contribution in [2.24, 2.45) is 0 Å². The summed E-state index contributed by atoms with van der Waals surface area (Å²) in [5.41, 5.74) is 0.415. The maximum absolute atomic E-state index is 13.1. The Morgan fingerprint density at radius 3 is 2.73 bits per heavy atom. The van der Waals surface area contributed by atoms with Crippen molar-refractivity contribution in [2.75, 3.05) is 25.4 Å². The fraction of sp³-hybridized carbons (Fsp3) is 0.391. The van der Waals surface area contributed by atoms with Gasteiger partial charge in [0.2, 0.25) is 5.91 Å². The number of nitrogens with one attached hydrogen (secondary N) is 1. The number of aromatic nitrogens is 2. The van der Waals surface area contributed by atoms with Crippen molar-refractivity contribution in [3.8, 4) is 0 Å². The number of nitrogens with zero attached hydrogens (tertiary/aromatic N) is 3. The van der Waals surface area contributed by atoms with Gasteiger partial charge in [0, 0.05) is 19.1 Å². The van der Waals surface area contributed by atoms with Crippen molar-refractivity contribution in [1.29, 1.82) is 0 Å². The third kappa shape index (κ3) is 5.57. The predicted octanol–water partition coefficient (Wildman–Crippen LogP) is 2.87. The van der Waals surface area contributed by atoms with E-state index < -0.39 is 0 Å². The molecule has 1 saturated heterocycles. The average Bonchev–Trinajstić information content (AvgIpc) is 3.34. The van der Waals surface area contributed by atoms with E-state index >= 15 is 0 Å². The summed E-state index contributed by atoms with van der Waals surface area (Å²) >= 11 is 1.22. The highest BCUT2D eigenvalue weighted by Gasteiger charge is 2.24. The van der Waals surface area contributed by atoms with Crippen LogP contribution in [0.25, 0.3) is 10.9 Å². The van der Waals surface area contributed by atoms with Crippen LogP contribution in [-0.4, -0.2) is 57.9 Å². The van der Waals surface area contributed by atoms with Crippen LogP contribution in [0.3, 0.4) is 0 Å². The van der Waals surface area contributed by atoms with Crippen molar-refractivity contribution in [1.82, 2.24) is 19.8 Å². The Hall–Kier alpha value is -3.27. The molecule has 0 radical (unpaired) electrons. The summed E-state index contributed by atoms with van der Waals surface area (Å²) in [6.45, 7) is 3.46. The number of carbonyl (C=O) groups excluding carboxylic acids is 2. The number of piperidine rings is 1. The first-order valence-electron chi connectivity index (χ1n) is 10.9. The Morgan fingerprint density at radius 1 is 1.21 bits per heavy atom. The first-order chi connectivity index (χ1) is 16.0. The monoisotopic (exact) mass is 470 g/mol. The molecule has 1 N–H and O–H groups in total. The Balaban J connectivity index is 1.41. The molecule has 1 aromatic carbocycles. The zero-order valence-electron chi connectivity index (χ0n) is 18.4. The number of para-hydroxylation sites is 1. The lowest BCUT2D eigenvalue weighted by Gasteiger charge is -2.31. The third-order valence-electron chi connectivity index (χ3n) is 5.44. The van der Waals surface area contributed by atoms with Gasteiger partial charge >= 0.3 is 6.09 Å². The summed E-state index contributed by atoms with van der Waals surface area (Å²) in [4.78, 5) is 43.8. The molecule has 2 aromatic heterocycles. The highest BCUT2D eigenvalue weighted by atomic mass is 32.2. The molecule has 1 aliphatic heterocycles. The molecule has 9 nitrogen and oxygen atoms in total. The standard InChI is InChI=1S/C23H26N4O5S/c1-2-31-23(30)26-11-9-16(10-12-26)24-20(28)15-33-22-25-19-8-4-3-7-18(19)21(29)27(22)14-17-6-5-13-32-17/h3-8,13,16H,2,9-12,14-15H2,1H3,(H,24,28). The Morgan fingerprint density at radius 2 is 2.00 bits per heavy atom. The molecule has 2 amide bonds. The smallest absolute Gasteiger partial charge is 0.409 e. The fourth-order valence-corrected chi connectivity index (χ4v) is 4.59. The van der Waals surface area contributed by atoms with Gasteiger partial charge in [-0.25, -0.2) is 9.78 Å². The van der Waals surface area contributed by atoms with Crippen molar-refractivity contribution < 1.29 is 18.7 Å². The number of rotatable bonds is 7. The lowest BCUT2D eigenvalue weighted by molar-refractivity contribution is -0.119. The molecule has 4 rings (SSSR count).